The molecule has 0 saturated heterocycles. The first-order chi connectivity index (χ1) is 8.29. The van der Waals surface area contributed by atoms with Crippen LogP contribution in [-0.4, -0.2) is 18.6 Å². The van der Waals surface area contributed by atoms with Gasteiger partial charge in [-0.25, -0.2) is 4.98 Å². The molecular weight excluding hydrogens is 214 g/mol. The van der Waals surface area contributed by atoms with E-state index in [4.69, 9.17) is 4.42 Å². The van der Waals surface area contributed by atoms with Crippen molar-refractivity contribution >= 4 is 11.5 Å². The largest absolute Gasteiger partial charge is 0.467 e. The average Bonchev–Trinajstić information content (AvgIpc) is 2.83. The highest BCUT2D eigenvalue weighted by molar-refractivity contribution is 5.53. The lowest BCUT2D eigenvalue weighted by atomic mass is 10.3. The summed E-state index contributed by atoms with van der Waals surface area (Å²) in [5, 5.41) is 3.20. The fourth-order valence-corrected chi connectivity index (χ4v) is 1.66. The van der Waals surface area contributed by atoms with Gasteiger partial charge in [0.2, 0.25) is 0 Å². The van der Waals surface area contributed by atoms with Crippen molar-refractivity contribution in [1.29, 1.82) is 0 Å². The number of furan rings is 1. The Balaban J connectivity index is 2.07. The fraction of sp³-hybridized carbons (Fsp3) is 0.308. The molecule has 2 heterocycles. The second-order valence-corrected chi connectivity index (χ2v) is 3.87. The Labute approximate surface area is 101 Å². The van der Waals surface area contributed by atoms with Crippen LogP contribution in [0.5, 0.6) is 0 Å². The van der Waals surface area contributed by atoms with Gasteiger partial charge in [-0.3, -0.25) is 0 Å². The standard InChI is InChI=1S/C13H17N3O/c1-3-14-13-9-11(6-7-15-13)16(2)10-12-5-4-8-17-12/h4-9H,3,10H2,1-2H3,(H,14,15). The Morgan fingerprint density at radius 2 is 2.29 bits per heavy atom. The number of nitrogens with zero attached hydrogens (tertiary/aromatic N) is 2. The lowest BCUT2D eigenvalue weighted by Crippen LogP contribution is -2.16. The van der Waals surface area contributed by atoms with E-state index in [-0.39, 0.29) is 0 Å². The number of anilines is 2. The molecule has 0 aliphatic rings. The van der Waals surface area contributed by atoms with Gasteiger partial charge in [-0.2, -0.15) is 0 Å². The van der Waals surface area contributed by atoms with Crippen LogP contribution in [0.1, 0.15) is 12.7 Å². The Bertz CT molecular complexity index is 453. The lowest BCUT2D eigenvalue weighted by molar-refractivity contribution is 0.507. The molecule has 0 amide bonds. The van der Waals surface area contributed by atoms with E-state index in [1.54, 1.807) is 6.26 Å². The van der Waals surface area contributed by atoms with E-state index in [1.165, 1.54) is 0 Å². The van der Waals surface area contributed by atoms with E-state index in [9.17, 15) is 0 Å². The molecule has 0 aliphatic heterocycles. The minimum atomic E-state index is 0.753. The molecule has 2 aromatic rings. The fourth-order valence-electron chi connectivity index (χ4n) is 1.66. The minimum Gasteiger partial charge on any atom is -0.467 e. The number of rotatable bonds is 5. The van der Waals surface area contributed by atoms with Gasteiger partial charge < -0.3 is 14.6 Å². The molecule has 0 bridgehead atoms. The Kier molecular flexibility index (Phi) is 3.65. The molecule has 4 nitrogen and oxygen atoms in total. The van der Waals surface area contributed by atoms with Crippen LogP contribution in [-0.2, 0) is 6.54 Å². The summed E-state index contributed by atoms with van der Waals surface area (Å²) in [5.74, 6) is 1.85. The van der Waals surface area contributed by atoms with Crippen molar-refractivity contribution < 1.29 is 4.42 Å². The Morgan fingerprint density at radius 3 is 3.00 bits per heavy atom. The molecule has 1 N–H and O–H groups in total. The van der Waals surface area contributed by atoms with E-state index < -0.39 is 0 Å². The van der Waals surface area contributed by atoms with Gasteiger partial charge >= 0.3 is 0 Å². The smallest absolute Gasteiger partial charge is 0.127 e. The molecule has 0 aromatic carbocycles. The van der Waals surface area contributed by atoms with E-state index in [2.05, 4.69) is 22.1 Å². The maximum atomic E-state index is 5.33. The molecule has 0 radical (unpaired) electrons. The molecule has 2 rings (SSSR count). The highest BCUT2D eigenvalue weighted by atomic mass is 16.3. The van der Waals surface area contributed by atoms with Gasteiger partial charge in [-0.05, 0) is 25.1 Å². The quantitative estimate of drug-likeness (QED) is 0.859. The summed E-state index contributed by atoms with van der Waals surface area (Å²) in [6.45, 7) is 3.68. The van der Waals surface area contributed by atoms with Gasteiger partial charge in [0.25, 0.3) is 0 Å². The minimum absolute atomic E-state index is 0.753. The number of hydrogen-bond donors (Lipinski definition) is 1. The van der Waals surface area contributed by atoms with Gasteiger partial charge in [0.05, 0.1) is 12.8 Å². The van der Waals surface area contributed by atoms with Crippen LogP contribution < -0.4 is 10.2 Å². The third-order valence-electron chi connectivity index (χ3n) is 2.52. The topological polar surface area (TPSA) is 41.3 Å². The summed E-state index contributed by atoms with van der Waals surface area (Å²) in [6, 6.07) is 7.90. The van der Waals surface area contributed by atoms with Gasteiger partial charge in [0.1, 0.15) is 11.6 Å². The van der Waals surface area contributed by atoms with E-state index in [0.29, 0.717) is 0 Å². The SMILES string of the molecule is CCNc1cc(N(C)Cc2ccco2)ccn1. The van der Waals surface area contributed by atoms with E-state index in [1.807, 2.05) is 37.5 Å². The molecular formula is C13H17N3O. The van der Waals surface area contributed by atoms with Crippen molar-refractivity contribution in [2.24, 2.45) is 0 Å². The molecule has 2 aromatic heterocycles. The molecule has 0 fully saturated rings. The van der Waals surface area contributed by atoms with Gasteiger partial charge in [0, 0.05) is 31.5 Å². The molecule has 0 aliphatic carbocycles. The molecule has 4 heteroatoms. The first-order valence-corrected chi connectivity index (χ1v) is 5.73. The zero-order valence-corrected chi connectivity index (χ0v) is 10.2. The second kappa shape index (κ2) is 5.39. The Hall–Kier alpha value is -1.97. The van der Waals surface area contributed by atoms with Crippen LogP contribution in [0.4, 0.5) is 11.5 Å². The van der Waals surface area contributed by atoms with E-state index >= 15 is 0 Å². The summed E-state index contributed by atoms with van der Waals surface area (Å²) in [5.41, 5.74) is 1.12. The molecule has 17 heavy (non-hydrogen) atoms. The van der Waals surface area contributed by atoms with Crippen molar-refractivity contribution in [3.8, 4) is 0 Å². The zero-order chi connectivity index (χ0) is 12.1. The zero-order valence-electron chi connectivity index (χ0n) is 10.2. The molecule has 90 valence electrons. The van der Waals surface area contributed by atoms with E-state index in [0.717, 1.165) is 30.4 Å². The summed E-state index contributed by atoms with van der Waals surface area (Å²) < 4.78 is 5.33. The van der Waals surface area contributed by atoms with Gasteiger partial charge in [0.15, 0.2) is 0 Å². The van der Waals surface area contributed by atoms with Crippen molar-refractivity contribution in [3.63, 3.8) is 0 Å². The van der Waals surface area contributed by atoms with Crippen LogP contribution in [0.15, 0.2) is 41.1 Å². The first kappa shape index (κ1) is 11.5. The molecule has 0 atom stereocenters. The third-order valence-corrected chi connectivity index (χ3v) is 2.52. The highest BCUT2D eigenvalue weighted by Crippen LogP contribution is 2.18. The van der Waals surface area contributed by atoms with Crippen LogP contribution >= 0.6 is 0 Å². The molecule has 0 spiro atoms. The van der Waals surface area contributed by atoms with Gasteiger partial charge in [-0.1, -0.05) is 0 Å². The average molecular weight is 231 g/mol. The maximum absolute atomic E-state index is 5.33. The summed E-state index contributed by atoms with van der Waals surface area (Å²) >= 11 is 0. The van der Waals surface area contributed by atoms with Crippen molar-refractivity contribution in [2.75, 3.05) is 23.8 Å². The Morgan fingerprint density at radius 1 is 1.41 bits per heavy atom. The number of pyridine rings is 1. The molecule has 0 unspecified atom stereocenters. The third kappa shape index (κ3) is 3.00. The van der Waals surface area contributed by atoms with Crippen LogP contribution in [0.3, 0.4) is 0 Å². The van der Waals surface area contributed by atoms with Crippen LogP contribution in [0, 0.1) is 0 Å². The maximum Gasteiger partial charge on any atom is 0.127 e. The number of aromatic nitrogens is 1. The van der Waals surface area contributed by atoms with Crippen molar-refractivity contribution in [1.82, 2.24) is 4.98 Å². The summed E-state index contributed by atoms with van der Waals surface area (Å²) in [6.07, 6.45) is 3.51. The van der Waals surface area contributed by atoms with Crippen LogP contribution in [0.2, 0.25) is 0 Å². The predicted molar refractivity (Wildman–Crippen MR) is 69.2 cm³/mol. The van der Waals surface area contributed by atoms with Crippen LogP contribution in [0.25, 0.3) is 0 Å². The monoisotopic (exact) mass is 231 g/mol. The number of hydrogen-bond acceptors (Lipinski definition) is 4. The first-order valence-electron chi connectivity index (χ1n) is 5.73. The normalized spacial score (nSPS) is 10.2. The van der Waals surface area contributed by atoms with Crippen molar-refractivity contribution in [3.05, 3.63) is 42.5 Å². The summed E-state index contributed by atoms with van der Waals surface area (Å²) in [7, 11) is 2.04. The van der Waals surface area contributed by atoms with Gasteiger partial charge in [-0.15, -0.1) is 0 Å². The number of nitrogens with one attached hydrogen (secondary N) is 1. The molecule has 0 saturated carbocycles. The summed E-state index contributed by atoms with van der Waals surface area (Å²) in [4.78, 5) is 6.37. The predicted octanol–water partition coefficient (Wildman–Crippen LogP) is 2.74. The second-order valence-electron chi connectivity index (χ2n) is 3.87. The highest BCUT2D eigenvalue weighted by Gasteiger charge is 2.05. The lowest BCUT2D eigenvalue weighted by Gasteiger charge is -2.18. The van der Waals surface area contributed by atoms with Crippen molar-refractivity contribution in [2.45, 2.75) is 13.5 Å².